The fraction of sp³-hybridized carbons (Fsp3) is 1.00. The van der Waals surface area contributed by atoms with Crippen LogP contribution in [0.1, 0.15) is 20.8 Å². The number of methoxy groups -OCH3 is 1. The van der Waals surface area contributed by atoms with Gasteiger partial charge < -0.3 is 15.0 Å². The van der Waals surface area contributed by atoms with Gasteiger partial charge in [-0.2, -0.15) is 0 Å². The Morgan fingerprint density at radius 2 is 1.93 bits per heavy atom. The van der Waals surface area contributed by atoms with E-state index in [-0.39, 0.29) is 0 Å². The van der Waals surface area contributed by atoms with Crippen molar-refractivity contribution in [2.24, 2.45) is 5.41 Å². The first-order chi connectivity index (χ1) is 6.37. The molecular weight excluding hydrogens is 176 g/mol. The molecule has 0 saturated heterocycles. The van der Waals surface area contributed by atoms with Crippen molar-refractivity contribution in [3.63, 3.8) is 0 Å². The van der Waals surface area contributed by atoms with Crippen LogP contribution in [0.5, 0.6) is 0 Å². The minimum Gasteiger partial charge on any atom is -0.383 e. The van der Waals surface area contributed by atoms with Gasteiger partial charge in [-0.25, -0.2) is 0 Å². The van der Waals surface area contributed by atoms with Gasteiger partial charge in [0.2, 0.25) is 0 Å². The maximum atomic E-state index is 5.08. The van der Waals surface area contributed by atoms with Crippen molar-refractivity contribution in [3.05, 3.63) is 0 Å². The second-order valence-electron chi connectivity index (χ2n) is 5.14. The Hall–Kier alpha value is -0.120. The van der Waals surface area contributed by atoms with Gasteiger partial charge in [-0.1, -0.05) is 13.8 Å². The molecule has 0 aromatic carbocycles. The number of hydrogen-bond donors (Lipinski definition) is 1. The summed E-state index contributed by atoms with van der Waals surface area (Å²) >= 11 is 0. The summed E-state index contributed by atoms with van der Waals surface area (Å²) in [6, 6.07) is 0.432. The second kappa shape index (κ2) is 6.38. The monoisotopic (exact) mass is 202 g/mol. The van der Waals surface area contributed by atoms with Crippen LogP contribution in [0.25, 0.3) is 0 Å². The van der Waals surface area contributed by atoms with Crippen molar-refractivity contribution in [2.75, 3.05) is 40.9 Å². The fourth-order valence-electron chi connectivity index (χ4n) is 1.67. The van der Waals surface area contributed by atoms with Gasteiger partial charge in [-0.05, 0) is 26.4 Å². The molecule has 1 N–H and O–H groups in total. The summed E-state index contributed by atoms with van der Waals surface area (Å²) in [4.78, 5) is 2.22. The van der Waals surface area contributed by atoms with Gasteiger partial charge in [0.25, 0.3) is 0 Å². The Balaban J connectivity index is 3.74. The molecule has 1 atom stereocenters. The molecular formula is C11H26N2O. The molecule has 0 heterocycles. The zero-order chi connectivity index (χ0) is 11.2. The zero-order valence-corrected chi connectivity index (χ0v) is 10.6. The van der Waals surface area contributed by atoms with Crippen molar-refractivity contribution in [3.8, 4) is 0 Å². The van der Waals surface area contributed by atoms with Crippen LogP contribution in [0, 0.1) is 5.41 Å². The van der Waals surface area contributed by atoms with E-state index in [1.807, 2.05) is 0 Å². The molecule has 0 saturated carbocycles. The van der Waals surface area contributed by atoms with Crippen molar-refractivity contribution >= 4 is 0 Å². The van der Waals surface area contributed by atoms with Crippen LogP contribution in [-0.4, -0.2) is 51.8 Å². The SMILES string of the molecule is COCC(C)NCC(C)(C)CN(C)C. The van der Waals surface area contributed by atoms with E-state index in [0.717, 1.165) is 19.7 Å². The van der Waals surface area contributed by atoms with E-state index in [1.165, 1.54) is 0 Å². The zero-order valence-electron chi connectivity index (χ0n) is 10.6. The normalized spacial score (nSPS) is 14.8. The molecule has 0 aliphatic carbocycles. The Kier molecular flexibility index (Phi) is 6.33. The average Bonchev–Trinajstić information content (AvgIpc) is 1.99. The molecule has 3 nitrogen and oxygen atoms in total. The Labute approximate surface area is 88.8 Å². The van der Waals surface area contributed by atoms with Crippen molar-refractivity contribution in [2.45, 2.75) is 26.8 Å². The molecule has 0 amide bonds. The number of nitrogens with zero attached hydrogens (tertiary/aromatic N) is 1. The van der Waals surface area contributed by atoms with Crippen LogP contribution < -0.4 is 5.32 Å². The summed E-state index contributed by atoms with van der Waals surface area (Å²) < 4.78 is 5.08. The summed E-state index contributed by atoms with van der Waals surface area (Å²) in [5, 5.41) is 3.48. The quantitative estimate of drug-likeness (QED) is 0.671. The van der Waals surface area contributed by atoms with Gasteiger partial charge in [-0.3, -0.25) is 0 Å². The third kappa shape index (κ3) is 7.30. The highest BCUT2D eigenvalue weighted by atomic mass is 16.5. The second-order valence-corrected chi connectivity index (χ2v) is 5.14. The fourth-order valence-corrected chi connectivity index (χ4v) is 1.67. The van der Waals surface area contributed by atoms with Gasteiger partial charge in [-0.15, -0.1) is 0 Å². The Bertz CT molecular complexity index is 146. The van der Waals surface area contributed by atoms with Gasteiger partial charge in [0.15, 0.2) is 0 Å². The predicted molar refractivity (Wildman–Crippen MR) is 61.7 cm³/mol. The van der Waals surface area contributed by atoms with Crippen LogP contribution >= 0.6 is 0 Å². The largest absolute Gasteiger partial charge is 0.383 e. The van der Waals surface area contributed by atoms with Crippen LogP contribution in [0.4, 0.5) is 0 Å². The van der Waals surface area contributed by atoms with E-state index in [9.17, 15) is 0 Å². The molecule has 14 heavy (non-hydrogen) atoms. The van der Waals surface area contributed by atoms with Crippen LogP contribution in [0.15, 0.2) is 0 Å². The molecule has 86 valence electrons. The van der Waals surface area contributed by atoms with Crippen LogP contribution in [-0.2, 0) is 4.74 Å². The minimum atomic E-state index is 0.311. The molecule has 0 aromatic rings. The number of ether oxygens (including phenoxy) is 1. The summed E-state index contributed by atoms with van der Waals surface area (Å²) in [6.07, 6.45) is 0. The molecule has 0 fully saturated rings. The standard InChI is InChI=1S/C11H26N2O/c1-10(7-14-6)12-8-11(2,3)9-13(4)5/h10,12H,7-9H2,1-6H3. The van der Waals surface area contributed by atoms with Crippen molar-refractivity contribution in [1.29, 1.82) is 0 Å². The number of hydrogen-bond acceptors (Lipinski definition) is 3. The summed E-state index contributed by atoms with van der Waals surface area (Å²) in [5.74, 6) is 0. The summed E-state index contributed by atoms with van der Waals surface area (Å²) in [7, 11) is 5.96. The minimum absolute atomic E-state index is 0.311. The first-order valence-electron chi connectivity index (χ1n) is 5.24. The predicted octanol–water partition coefficient (Wildman–Crippen LogP) is 1.20. The smallest absolute Gasteiger partial charge is 0.0613 e. The molecule has 0 radical (unpaired) electrons. The first-order valence-corrected chi connectivity index (χ1v) is 5.24. The molecule has 0 aromatic heterocycles. The number of nitrogens with one attached hydrogen (secondary N) is 1. The van der Waals surface area contributed by atoms with Gasteiger partial charge in [0, 0.05) is 26.2 Å². The third-order valence-corrected chi connectivity index (χ3v) is 2.09. The van der Waals surface area contributed by atoms with Crippen LogP contribution in [0.2, 0.25) is 0 Å². The maximum absolute atomic E-state index is 5.08. The van der Waals surface area contributed by atoms with Crippen molar-refractivity contribution < 1.29 is 4.74 Å². The molecule has 0 rings (SSSR count). The molecule has 0 aliphatic heterocycles. The van der Waals surface area contributed by atoms with Gasteiger partial charge in [0.1, 0.15) is 0 Å². The summed E-state index contributed by atoms with van der Waals surface area (Å²) in [6.45, 7) is 9.60. The highest BCUT2D eigenvalue weighted by Crippen LogP contribution is 2.14. The Morgan fingerprint density at radius 1 is 1.36 bits per heavy atom. The van der Waals surface area contributed by atoms with E-state index < -0.39 is 0 Å². The van der Waals surface area contributed by atoms with Crippen LogP contribution in [0.3, 0.4) is 0 Å². The lowest BCUT2D eigenvalue weighted by Gasteiger charge is -2.30. The lowest BCUT2D eigenvalue weighted by molar-refractivity contribution is 0.158. The first kappa shape index (κ1) is 13.9. The van der Waals surface area contributed by atoms with E-state index in [4.69, 9.17) is 4.74 Å². The van der Waals surface area contributed by atoms with E-state index >= 15 is 0 Å². The highest BCUT2D eigenvalue weighted by Gasteiger charge is 2.19. The van der Waals surface area contributed by atoms with Gasteiger partial charge >= 0.3 is 0 Å². The topological polar surface area (TPSA) is 24.5 Å². The average molecular weight is 202 g/mol. The van der Waals surface area contributed by atoms with E-state index in [0.29, 0.717) is 11.5 Å². The Morgan fingerprint density at radius 3 is 2.36 bits per heavy atom. The lowest BCUT2D eigenvalue weighted by atomic mass is 9.92. The van der Waals surface area contributed by atoms with E-state index in [1.54, 1.807) is 7.11 Å². The highest BCUT2D eigenvalue weighted by molar-refractivity contribution is 4.75. The molecule has 0 aliphatic rings. The number of rotatable bonds is 7. The third-order valence-electron chi connectivity index (χ3n) is 2.09. The summed E-state index contributed by atoms with van der Waals surface area (Å²) in [5.41, 5.74) is 0.311. The van der Waals surface area contributed by atoms with E-state index in [2.05, 4.69) is 45.1 Å². The molecule has 0 bridgehead atoms. The lowest BCUT2D eigenvalue weighted by Crippen LogP contribution is -2.42. The molecule has 0 spiro atoms. The van der Waals surface area contributed by atoms with Crippen molar-refractivity contribution in [1.82, 2.24) is 10.2 Å². The molecule has 1 unspecified atom stereocenters. The maximum Gasteiger partial charge on any atom is 0.0613 e. The molecule has 3 heteroatoms. The van der Waals surface area contributed by atoms with Gasteiger partial charge in [0.05, 0.1) is 6.61 Å².